The van der Waals surface area contributed by atoms with E-state index < -0.39 is 42.4 Å². The van der Waals surface area contributed by atoms with Gasteiger partial charge in [0.2, 0.25) is 5.84 Å². The highest BCUT2D eigenvalue weighted by molar-refractivity contribution is 6.34. The van der Waals surface area contributed by atoms with E-state index in [0.29, 0.717) is 0 Å². The highest BCUT2D eigenvalue weighted by atomic mass is 19.3. The lowest BCUT2D eigenvalue weighted by atomic mass is 10.1. The Labute approximate surface area is 146 Å². The molecule has 0 amide bonds. The van der Waals surface area contributed by atoms with E-state index in [1.54, 1.807) is 6.92 Å². The molecule has 11 heteroatoms. The summed E-state index contributed by atoms with van der Waals surface area (Å²) in [6, 6.07) is 0.841. The first-order valence-corrected chi connectivity index (χ1v) is 7.74. The van der Waals surface area contributed by atoms with E-state index in [0.717, 1.165) is 12.3 Å². The normalized spacial score (nSPS) is 16.9. The fourth-order valence-corrected chi connectivity index (χ4v) is 2.21. The van der Waals surface area contributed by atoms with Crippen LogP contribution in [0.5, 0.6) is 0 Å². The molecular weight excluding hydrogens is 357 g/mol. The molecule has 1 saturated heterocycles. The number of carbonyl (C=O) groups excluding carboxylic acids is 2. The maximum Gasteiger partial charge on any atom is 0.377 e. The molecule has 0 aromatic carbocycles. The topological polar surface area (TPSA) is 107 Å². The highest BCUT2D eigenvalue weighted by Crippen LogP contribution is 2.30. The molecule has 1 aliphatic rings. The second-order valence-corrected chi connectivity index (χ2v) is 5.45. The Hall–Kier alpha value is -2.85. The van der Waals surface area contributed by atoms with Gasteiger partial charge in [-0.15, -0.1) is 0 Å². The predicted molar refractivity (Wildman–Crippen MR) is 84.3 cm³/mol. The second kappa shape index (κ2) is 8.02. The van der Waals surface area contributed by atoms with E-state index in [2.05, 4.69) is 19.7 Å². The van der Waals surface area contributed by atoms with Crippen molar-refractivity contribution in [3.05, 3.63) is 23.6 Å². The van der Waals surface area contributed by atoms with Gasteiger partial charge in [0, 0.05) is 32.1 Å². The number of pyridine rings is 1. The van der Waals surface area contributed by atoms with Crippen LogP contribution >= 0.6 is 0 Å². The quantitative estimate of drug-likeness (QED) is 0.279. The summed E-state index contributed by atoms with van der Waals surface area (Å²) in [7, 11) is 0. The number of anilines is 1. The predicted octanol–water partition coefficient (Wildman–Crippen LogP) is 1.45. The zero-order valence-corrected chi connectivity index (χ0v) is 13.9. The zero-order valence-electron chi connectivity index (χ0n) is 13.9. The van der Waals surface area contributed by atoms with Gasteiger partial charge in [-0.2, -0.15) is 0 Å². The van der Waals surface area contributed by atoms with Gasteiger partial charge in [0.1, 0.15) is 0 Å². The lowest BCUT2D eigenvalue weighted by molar-refractivity contribution is -0.135. The average molecular weight is 374 g/mol. The molecule has 0 aliphatic carbocycles. The molecule has 2 N–H and O–H groups in total. The second-order valence-electron chi connectivity index (χ2n) is 5.45. The van der Waals surface area contributed by atoms with Crippen LogP contribution in [0.1, 0.15) is 30.1 Å². The molecule has 0 radical (unpaired) electrons. The monoisotopic (exact) mass is 374 g/mol. The van der Waals surface area contributed by atoms with Crippen LogP contribution in [0, 0.1) is 5.82 Å². The average Bonchev–Trinajstić information content (AvgIpc) is 2.60. The van der Waals surface area contributed by atoms with Crippen LogP contribution in [-0.2, 0) is 14.4 Å². The molecule has 0 spiro atoms. The summed E-state index contributed by atoms with van der Waals surface area (Å²) in [5.74, 6) is -6.52. The summed E-state index contributed by atoms with van der Waals surface area (Å²) in [5, 5.41) is 3.10. The number of aromatic nitrogens is 1. The van der Waals surface area contributed by atoms with Crippen LogP contribution < -0.4 is 10.6 Å². The molecule has 8 nitrogen and oxygen atoms in total. The van der Waals surface area contributed by atoms with Gasteiger partial charge in [-0.25, -0.2) is 27.7 Å². The van der Waals surface area contributed by atoms with Crippen molar-refractivity contribution in [3.8, 4) is 0 Å². The largest absolute Gasteiger partial charge is 0.460 e. The van der Waals surface area contributed by atoms with Crippen molar-refractivity contribution in [2.75, 3.05) is 24.6 Å². The van der Waals surface area contributed by atoms with Crippen LogP contribution in [0.2, 0.25) is 0 Å². The van der Waals surface area contributed by atoms with Gasteiger partial charge in [-0.05, 0) is 18.1 Å². The zero-order chi connectivity index (χ0) is 19.3. The van der Waals surface area contributed by atoms with Gasteiger partial charge in [0.25, 0.3) is 5.92 Å². The Kier molecular flexibility index (Phi) is 6.01. The minimum Gasteiger partial charge on any atom is -0.460 e. The lowest BCUT2D eigenvalue weighted by Gasteiger charge is -2.32. The minimum absolute atomic E-state index is 0.0545. The standard InChI is InChI=1S/C15H17F3N4O4/c1-2-25-14(24)11(19)21-26-13(23)9-7-10(16)12(20-8-9)22-5-3-15(17,18)4-6-22/h7-8H,2-6H2,1H3,(H2,19,21). The number of nitrogens with zero attached hydrogens (tertiary/aromatic N) is 3. The number of amidine groups is 1. The highest BCUT2D eigenvalue weighted by Gasteiger charge is 2.35. The lowest BCUT2D eigenvalue weighted by Crippen LogP contribution is -2.40. The number of rotatable bonds is 4. The van der Waals surface area contributed by atoms with E-state index in [1.807, 2.05) is 0 Å². The third-order valence-electron chi connectivity index (χ3n) is 3.56. The third-order valence-corrected chi connectivity index (χ3v) is 3.56. The summed E-state index contributed by atoms with van der Waals surface area (Å²) in [4.78, 5) is 32.6. The first kappa shape index (κ1) is 19.5. The first-order valence-electron chi connectivity index (χ1n) is 7.74. The molecule has 2 heterocycles. The van der Waals surface area contributed by atoms with Gasteiger partial charge < -0.3 is 20.2 Å². The number of alkyl halides is 2. The molecule has 0 saturated carbocycles. The number of esters is 1. The Balaban J connectivity index is 2.03. The summed E-state index contributed by atoms with van der Waals surface area (Å²) in [6.45, 7) is 1.50. The molecule has 0 bridgehead atoms. The maximum atomic E-state index is 14.2. The number of nitrogens with two attached hydrogens (primary N) is 1. The van der Waals surface area contributed by atoms with E-state index >= 15 is 0 Å². The van der Waals surface area contributed by atoms with Crippen molar-refractivity contribution >= 4 is 23.6 Å². The fourth-order valence-electron chi connectivity index (χ4n) is 2.21. The van der Waals surface area contributed by atoms with Crippen molar-refractivity contribution in [2.45, 2.75) is 25.7 Å². The Morgan fingerprint density at radius 2 is 2.04 bits per heavy atom. The molecular formula is C15H17F3N4O4. The minimum atomic E-state index is -2.77. The van der Waals surface area contributed by atoms with Crippen molar-refractivity contribution < 1.29 is 32.3 Å². The number of ether oxygens (including phenoxy) is 1. The van der Waals surface area contributed by atoms with Gasteiger partial charge in [-0.1, -0.05) is 0 Å². The van der Waals surface area contributed by atoms with Crippen molar-refractivity contribution in [1.82, 2.24) is 4.98 Å². The molecule has 2 rings (SSSR count). The fraction of sp³-hybridized carbons (Fsp3) is 0.467. The molecule has 0 unspecified atom stereocenters. The van der Waals surface area contributed by atoms with Crippen LogP contribution in [0.3, 0.4) is 0 Å². The molecule has 26 heavy (non-hydrogen) atoms. The van der Waals surface area contributed by atoms with Crippen LogP contribution in [0.15, 0.2) is 17.4 Å². The third kappa shape index (κ3) is 4.83. The summed E-state index contributed by atoms with van der Waals surface area (Å²) in [6.07, 6.45) is 0.211. The summed E-state index contributed by atoms with van der Waals surface area (Å²) in [5.41, 5.74) is 4.96. The molecule has 0 atom stereocenters. The maximum absolute atomic E-state index is 14.2. The van der Waals surface area contributed by atoms with Gasteiger partial charge in [-0.3, -0.25) is 0 Å². The Morgan fingerprint density at radius 3 is 2.62 bits per heavy atom. The van der Waals surface area contributed by atoms with E-state index in [1.165, 1.54) is 4.90 Å². The van der Waals surface area contributed by atoms with Crippen molar-refractivity contribution in [3.63, 3.8) is 0 Å². The van der Waals surface area contributed by atoms with Crippen molar-refractivity contribution in [2.24, 2.45) is 10.9 Å². The number of halogens is 3. The molecule has 1 aromatic rings. The molecule has 1 aliphatic heterocycles. The number of carbonyl (C=O) groups is 2. The molecule has 1 fully saturated rings. The molecule has 1 aromatic heterocycles. The summed E-state index contributed by atoms with van der Waals surface area (Å²) >= 11 is 0. The van der Waals surface area contributed by atoms with E-state index in [9.17, 15) is 22.8 Å². The van der Waals surface area contributed by atoms with Gasteiger partial charge >= 0.3 is 11.9 Å². The first-order chi connectivity index (χ1) is 12.2. The SMILES string of the molecule is CCOC(=O)/C(N)=N\OC(=O)c1cnc(N2CCC(F)(F)CC2)c(F)c1. The number of oxime groups is 1. The number of hydrogen-bond donors (Lipinski definition) is 1. The Morgan fingerprint density at radius 1 is 1.38 bits per heavy atom. The summed E-state index contributed by atoms with van der Waals surface area (Å²) < 4.78 is 45.0. The van der Waals surface area contributed by atoms with Crippen LogP contribution in [0.25, 0.3) is 0 Å². The van der Waals surface area contributed by atoms with Crippen LogP contribution in [-0.4, -0.2) is 48.4 Å². The number of piperidine rings is 1. The number of hydrogen-bond acceptors (Lipinski definition) is 7. The van der Waals surface area contributed by atoms with Gasteiger partial charge in [0.15, 0.2) is 11.6 Å². The van der Waals surface area contributed by atoms with E-state index in [-0.39, 0.29) is 31.1 Å². The van der Waals surface area contributed by atoms with Crippen molar-refractivity contribution in [1.29, 1.82) is 0 Å². The Bertz CT molecular complexity index is 717. The van der Waals surface area contributed by atoms with E-state index in [4.69, 9.17) is 5.73 Å². The smallest absolute Gasteiger partial charge is 0.377 e. The van der Waals surface area contributed by atoms with Crippen LogP contribution in [0.4, 0.5) is 19.0 Å². The van der Waals surface area contributed by atoms with Gasteiger partial charge in [0.05, 0.1) is 12.2 Å². The molecule has 142 valence electrons.